The molecule has 0 aliphatic carbocycles. The molecule has 0 bridgehead atoms. The summed E-state index contributed by atoms with van der Waals surface area (Å²) in [5.41, 5.74) is 0. The molecular weight excluding hydrogens is 232 g/mol. The number of hydrogen-bond acceptors (Lipinski definition) is 3. The van der Waals surface area contributed by atoms with Crippen LogP contribution in [0.2, 0.25) is 0 Å². The third-order valence-corrected chi connectivity index (χ3v) is 4.19. The summed E-state index contributed by atoms with van der Waals surface area (Å²) >= 11 is 0. The Kier molecular flexibility index (Phi) is 4.69. The highest BCUT2D eigenvalue weighted by atomic mass is 32.2. The van der Waals surface area contributed by atoms with Gasteiger partial charge < -0.3 is 5.11 Å². The number of nitrogens with zero attached hydrogens (tertiary/aromatic N) is 1. The minimum absolute atomic E-state index is 0.0778. The van der Waals surface area contributed by atoms with Gasteiger partial charge in [0.25, 0.3) is 10.2 Å². The normalized spacial score (nSPS) is 23.2. The Morgan fingerprint density at radius 3 is 2.81 bits per heavy atom. The van der Waals surface area contributed by atoms with Crippen LogP contribution < -0.4 is 4.72 Å². The molecule has 16 heavy (non-hydrogen) atoms. The molecule has 2 N–H and O–H groups in total. The van der Waals surface area contributed by atoms with Gasteiger partial charge in [0, 0.05) is 19.6 Å². The Hall–Kier alpha value is -0.660. The molecule has 1 fully saturated rings. The van der Waals surface area contributed by atoms with Gasteiger partial charge in [-0.25, -0.2) is 4.72 Å². The standard InChI is InChI=1S/C9H18N2O4S/c1-2-5-10-16(14,15)11-6-3-4-8(7-11)9(12)13/h8,10H,2-7H2,1H3,(H,12,13)/t8-/m1/s1. The number of aliphatic carboxylic acids is 1. The lowest BCUT2D eigenvalue weighted by atomic mass is 10.0. The van der Waals surface area contributed by atoms with Gasteiger partial charge in [0.2, 0.25) is 0 Å². The Morgan fingerprint density at radius 1 is 1.56 bits per heavy atom. The van der Waals surface area contributed by atoms with Gasteiger partial charge in [0.1, 0.15) is 0 Å². The summed E-state index contributed by atoms with van der Waals surface area (Å²) in [5, 5.41) is 8.86. The molecule has 6 nitrogen and oxygen atoms in total. The molecule has 0 aromatic rings. The first-order chi connectivity index (χ1) is 7.47. The summed E-state index contributed by atoms with van der Waals surface area (Å²) in [5.74, 6) is -1.50. The Labute approximate surface area is 95.8 Å². The van der Waals surface area contributed by atoms with Crippen LogP contribution in [0.15, 0.2) is 0 Å². The molecule has 1 aliphatic rings. The first kappa shape index (κ1) is 13.4. The van der Waals surface area contributed by atoms with Crippen LogP contribution in [-0.4, -0.2) is 43.4 Å². The molecule has 0 amide bonds. The van der Waals surface area contributed by atoms with Crippen molar-refractivity contribution in [2.45, 2.75) is 26.2 Å². The first-order valence-electron chi connectivity index (χ1n) is 5.45. The second-order valence-electron chi connectivity index (χ2n) is 3.93. The van der Waals surface area contributed by atoms with Gasteiger partial charge in [-0.15, -0.1) is 0 Å². The lowest BCUT2D eigenvalue weighted by Gasteiger charge is -2.29. The van der Waals surface area contributed by atoms with E-state index in [1.165, 1.54) is 4.31 Å². The molecule has 0 radical (unpaired) electrons. The van der Waals surface area contributed by atoms with Crippen molar-refractivity contribution < 1.29 is 18.3 Å². The van der Waals surface area contributed by atoms with Crippen LogP contribution in [0.3, 0.4) is 0 Å². The summed E-state index contributed by atoms with van der Waals surface area (Å²) in [4.78, 5) is 10.8. The molecule has 0 unspecified atom stereocenters. The van der Waals surface area contributed by atoms with E-state index < -0.39 is 22.1 Å². The second-order valence-corrected chi connectivity index (χ2v) is 5.69. The van der Waals surface area contributed by atoms with Crippen molar-refractivity contribution in [1.82, 2.24) is 9.03 Å². The van der Waals surface area contributed by atoms with E-state index in [9.17, 15) is 13.2 Å². The summed E-state index contributed by atoms with van der Waals surface area (Å²) in [7, 11) is -3.49. The molecular formula is C9H18N2O4S. The fourth-order valence-electron chi connectivity index (χ4n) is 1.68. The molecule has 0 saturated carbocycles. The number of rotatable bonds is 5. The minimum atomic E-state index is -3.49. The van der Waals surface area contributed by atoms with Crippen LogP contribution >= 0.6 is 0 Å². The fourth-order valence-corrected chi connectivity index (χ4v) is 3.07. The summed E-state index contributed by atoms with van der Waals surface area (Å²) in [6.07, 6.45) is 1.87. The van der Waals surface area contributed by atoms with Crippen molar-refractivity contribution in [3.63, 3.8) is 0 Å². The summed E-state index contributed by atoms with van der Waals surface area (Å²) < 4.78 is 27.1. The number of carbonyl (C=O) groups is 1. The van der Waals surface area contributed by atoms with Gasteiger partial charge in [-0.05, 0) is 19.3 Å². The lowest BCUT2D eigenvalue weighted by molar-refractivity contribution is -0.142. The fraction of sp³-hybridized carbons (Fsp3) is 0.889. The molecule has 1 atom stereocenters. The van der Waals surface area contributed by atoms with E-state index in [4.69, 9.17) is 5.11 Å². The zero-order chi connectivity index (χ0) is 12.2. The van der Waals surface area contributed by atoms with Crippen LogP contribution in [0.25, 0.3) is 0 Å². The van der Waals surface area contributed by atoms with E-state index in [1.54, 1.807) is 0 Å². The van der Waals surface area contributed by atoms with E-state index in [2.05, 4.69) is 4.72 Å². The molecule has 94 valence electrons. The average Bonchev–Trinajstić information content (AvgIpc) is 2.26. The zero-order valence-electron chi connectivity index (χ0n) is 9.35. The number of piperidine rings is 1. The molecule has 0 spiro atoms. The number of nitrogens with one attached hydrogen (secondary N) is 1. The molecule has 7 heteroatoms. The zero-order valence-corrected chi connectivity index (χ0v) is 10.2. The third-order valence-electron chi connectivity index (χ3n) is 2.61. The number of carboxylic acids is 1. The minimum Gasteiger partial charge on any atom is -0.481 e. The van der Waals surface area contributed by atoms with Crippen molar-refractivity contribution in [1.29, 1.82) is 0 Å². The van der Waals surface area contributed by atoms with Crippen molar-refractivity contribution in [2.75, 3.05) is 19.6 Å². The predicted molar refractivity (Wildman–Crippen MR) is 59.1 cm³/mol. The quantitative estimate of drug-likeness (QED) is 0.720. The van der Waals surface area contributed by atoms with Crippen molar-refractivity contribution in [3.05, 3.63) is 0 Å². The van der Waals surface area contributed by atoms with Gasteiger partial charge in [-0.2, -0.15) is 12.7 Å². The van der Waals surface area contributed by atoms with Crippen LogP contribution in [0.5, 0.6) is 0 Å². The third kappa shape index (κ3) is 3.43. The van der Waals surface area contributed by atoms with Gasteiger partial charge in [0.05, 0.1) is 5.92 Å². The highest BCUT2D eigenvalue weighted by molar-refractivity contribution is 7.87. The highest BCUT2D eigenvalue weighted by Gasteiger charge is 2.31. The van der Waals surface area contributed by atoms with E-state index in [0.29, 0.717) is 25.9 Å². The molecule has 0 aromatic heterocycles. The van der Waals surface area contributed by atoms with E-state index >= 15 is 0 Å². The topological polar surface area (TPSA) is 86.7 Å². The number of carboxylic acid groups (broad SMARTS) is 1. The lowest BCUT2D eigenvalue weighted by Crippen LogP contribution is -2.47. The number of hydrogen-bond donors (Lipinski definition) is 2. The highest BCUT2D eigenvalue weighted by Crippen LogP contribution is 2.18. The monoisotopic (exact) mass is 250 g/mol. The van der Waals surface area contributed by atoms with Crippen LogP contribution in [0.4, 0.5) is 0 Å². The maximum absolute atomic E-state index is 11.7. The van der Waals surface area contributed by atoms with Gasteiger partial charge >= 0.3 is 5.97 Å². The van der Waals surface area contributed by atoms with Crippen molar-refractivity contribution in [2.24, 2.45) is 5.92 Å². The van der Waals surface area contributed by atoms with Crippen LogP contribution in [0.1, 0.15) is 26.2 Å². The smallest absolute Gasteiger partial charge is 0.307 e. The van der Waals surface area contributed by atoms with Gasteiger partial charge in [-0.3, -0.25) is 4.79 Å². The van der Waals surface area contributed by atoms with E-state index in [1.807, 2.05) is 6.92 Å². The van der Waals surface area contributed by atoms with Crippen molar-refractivity contribution >= 4 is 16.2 Å². The van der Waals surface area contributed by atoms with Crippen LogP contribution in [-0.2, 0) is 15.0 Å². The van der Waals surface area contributed by atoms with Crippen LogP contribution in [0, 0.1) is 5.92 Å². The molecule has 1 aliphatic heterocycles. The maximum Gasteiger partial charge on any atom is 0.307 e. The van der Waals surface area contributed by atoms with E-state index in [0.717, 1.165) is 6.42 Å². The summed E-state index contributed by atoms with van der Waals surface area (Å²) in [6.45, 7) is 2.74. The largest absolute Gasteiger partial charge is 0.481 e. The molecule has 1 heterocycles. The van der Waals surface area contributed by atoms with Gasteiger partial charge in [-0.1, -0.05) is 6.92 Å². The maximum atomic E-state index is 11.7. The SMILES string of the molecule is CCCNS(=O)(=O)N1CCC[C@@H](C(=O)O)C1. The Balaban J connectivity index is 2.62. The predicted octanol–water partition coefficient (Wildman–Crippen LogP) is 0.0274. The van der Waals surface area contributed by atoms with E-state index in [-0.39, 0.29) is 6.54 Å². The first-order valence-corrected chi connectivity index (χ1v) is 6.89. The Bertz CT molecular complexity index is 341. The average molecular weight is 250 g/mol. The Morgan fingerprint density at radius 2 is 2.25 bits per heavy atom. The van der Waals surface area contributed by atoms with Gasteiger partial charge in [0.15, 0.2) is 0 Å². The molecule has 1 saturated heterocycles. The second kappa shape index (κ2) is 5.60. The summed E-state index contributed by atoms with van der Waals surface area (Å²) in [6, 6.07) is 0. The molecule has 0 aromatic carbocycles. The van der Waals surface area contributed by atoms with Crippen molar-refractivity contribution in [3.8, 4) is 0 Å². The molecule has 1 rings (SSSR count).